The SMILES string of the molecule is CC/C=C\C/C=C\C/C=C\C/C=C\C/C=C\C/C=C\C/C=C\CCCCCCCCCCCCCCCCCC(=O)OC(CO)COC(=O)CCCC/C=C\C/C=C\C/C=C\C/C=C\CC. The molecule has 0 fully saturated rings. The number of esters is 2. The maximum absolute atomic E-state index is 12.3. The van der Waals surface area contributed by atoms with Crippen LogP contribution >= 0.6 is 0 Å². The van der Waals surface area contributed by atoms with Gasteiger partial charge in [-0.25, -0.2) is 0 Å². The lowest BCUT2D eigenvalue weighted by molar-refractivity contribution is -0.161. The van der Waals surface area contributed by atoms with Gasteiger partial charge in [-0.3, -0.25) is 9.59 Å². The second-order valence-electron chi connectivity index (χ2n) is 17.2. The zero-order valence-electron chi connectivity index (χ0n) is 42.4. The molecule has 0 spiro atoms. The average Bonchev–Trinajstić information content (AvgIpc) is 3.32. The van der Waals surface area contributed by atoms with Gasteiger partial charge in [-0.2, -0.15) is 0 Å². The van der Waals surface area contributed by atoms with E-state index in [0.717, 1.165) is 109 Å². The monoisotopic (exact) mass is 911 g/mol. The smallest absolute Gasteiger partial charge is 0.306 e. The summed E-state index contributed by atoms with van der Waals surface area (Å²) in [7, 11) is 0. The highest BCUT2D eigenvalue weighted by Gasteiger charge is 2.16. The molecule has 5 heteroatoms. The van der Waals surface area contributed by atoms with Crippen LogP contribution in [0.1, 0.15) is 219 Å². The van der Waals surface area contributed by atoms with Gasteiger partial charge in [-0.05, 0) is 109 Å². The molecule has 0 heterocycles. The molecule has 0 bridgehead atoms. The first-order valence-corrected chi connectivity index (χ1v) is 26.7. The summed E-state index contributed by atoms with van der Waals surface area (Å²) in [4.78, 5) is 24.4. The predicted octanol–water partition coefficient (Wildman–Crippen LogP) is 18.1. The number of rotatable bonds is 47. The Morgan fingerprint density at radius 1 is 0.348 bits per heavy atom. The van der Waals surface area contributed by atoms with Gasteiger partial charge in [0.15, 0.2) is 6.10 Å². The molecule has 0 aromatic carbocycles. The van der Waals surface area contributed by atoms with Crippen LogP contribution in [0, 0.1) is 0 Å². The summed E-state index contributed by atoms with van der Waals surface area (Å²) in [5.74, 6) is -0.646. The molecule has 372 valence electrons. The second kappa shape index (κ2) is 55.4. The van der Waals surface area contributed by atoms with E-state index in [4.69, 9.17) is 9.47 Å². The van der Waals surface area contributed by atoms with Gasteiger partial charge in [0.05, 0.1) is 6.61 Å². The average molecular weight is 911 g/mol. The first-order valence-electron chi connectivity index (χ1n) is 26.7. The number of unbranched alkanes of at least 4 members (excludes halogenated alkanes) is 17. The number of carbonyl (C=O) groups excluding carboxylic acids is 2. The molecule has 0 saturated heterocycles. The van der Waals surface area contributed by atoms with Gasteiger partial charge >= 0.3 is 11.9 Å². The van der Waals surface area contributed by atoms with Gasteiger partial charge in [0.1, 0.15) is 6.61 Å². The molecule has 0 saturated carbocycles. The number of carbonyl (C=O) groups is 2. The minimum absolute atomic E-state index is 0.0936. The Bertz CT molecular complexity index is 1400. The van der Waals surface area contributed by atoms with Crippen LogP contribution in [0.3, 0.4) is 0 Å². The number of allylic oxidation sites excluding steroid dienone is 22. The molecule has 1 unspecified atom stereocenters. The molecular weight excluding hydrogens is 813 g/mol. The number of ether oxygens (including phenoxy) is 2. The minimum atomic E-state index is -0.797. The van der Waals surface area contributed by atoms with Crippen LogP contribution in [0.25, 0.3) is 0 Å². The van der Waals surface area contributed by atoms with Crippen molar-refractivity contribution in [2.75, 3.05) is 13.2 Å². The standard InChI is InChI=1S/C61H98O5/c1-3-5-7-9-11-13-15-17-19-20-21-22-23-24-25-26-27-28-29-30-31-32-33-34-35-36-37-38-39-40-42-44-46-48-50-52-54-56-61(64)66-59(57-62)58-65-60(63)55-53-51-49-47-45-43-41-18-16-14-12-10-8-6-4-2/h5-8,11-14,17-19,21-22,24-25,27-28,30-31,41,45,47,59,62H,3-4,9-10,15-16,20,23,26,29,32-40,42-44,46,48-58H2,1-2H3/b7-5-,8-6-,13-11-,14-12-,19-17-,22-21-,25-24-,28-27-,31-30-,41-18-,47-45-. The Hall–Kier alpha value is -3.96. The van der Waals surface area contributed by atoms with E-state index in [-0.39, 0.29) is 25.2 Å². The van der Waals surface area contributed by atoms with Crippen molar-refractivity contribution in [1.82, 2.24) is 0 Å². The Morgan fingerprint density at radius 3 is 0.939 bits per heavy atom. The van der Waals surface area contributed by atoms with Crippen molar-refractivity contribution in [2.45, 2.75) is 225 Å². The Balaban J connectivity index is 3.54. The zero-order valence-corrected chi connectivity index (χ0v) is 42.4. The quantitative estimate of drug-likeness (QED) is 0.0374. The first kappa shape index (κ1) is 62.0. The highest BCUT2D eigenvalue weighted by Crippen LogP contribution is 2.15. The predicted molar refractivity (Wildman–Crippen MR) is 288 cm³/mol. The molecule has 5 nitrogen and oxygen atoms in total. The molecule has 1 atom stereocenters. The molecule has 0 amide bonds. The third kappa shape index (κ3) is 52.7. The normalized spacial score (nSPS) is 13.3. The molecule has 66 heavy (non-hydrogen) atoms. The van der Waals surface area contributed by atoms with E-state index in [2.05, 4.69) is 148 Å². The molecule has 0 aliphatic rings. The third-order valence-corrected chi connectivity index (χ3v) is 10.9. The van der Waals surface area contributed by atoms with Gasteiger partial charge < -0.3 is 14.6 Å². The van der Waals surface area contributed by atoms with E-state index < -0.39 is 6.10 Å². The van der Waals surface area contributed by atoms with Crippen LogP contribution in [0.4, 0.5) is 0 Å². The summed E-state index contributed by atoms with van der Waals surface area (Å²) in [6.45, 7) is 3.87. The van der Waals surface area contributed by atoms with Crippen molar-refractivity contribution in [2.24, 2.45) is 0 Å². The minimum Gasteiger partial charge on any atom is -0.462 e. The molecule has 1 N–H and O–H groups in total. The topological polar surface area (TPSA) is 72.8 Å². The number of hydrogen-bond acceptors (Lipinski definition) is 5. The van der Waals surface area contributed by atoms with Crippen molar-refractivity contribution in [3.05, 3.63) is 134 Å². The van der Waals surface area contributed by atoms with Crippen LogP contribution in [-0.2, 0) is 19.1 Å². The van der Waals surface area contributed by atoms with Gasteiger partial charge in [-0.15, -0.1) is 0 Å². The van der Waals surface area contributed by atoms with Gasteiger partial charge in [-0.1, -0.05) is 231 Å². The zero-order chi connectivity index (χ0) is 47.7. The molecule has 0 aliphatic heterocycles. The highest BCUT2D eigenvalue weighted by molar-refractivity contribution is 5.70. The van der Waals surface area contributed by atoms with E-state index in [9.17, 15) is 14.7 Å². The van der Waals surface area contributed by atoms with Crippen molar-refractivity contribution < 1.29 is 24.2 Å². The number of hydrogen-bond donors (Lipinski definition) is 1. The van der Waals surface area contributed by atoms with Crippen LogP contribution in [-0.4, -0.2) is 36.4 Å². The Kier molecular flexibility index (Phi) is 52.0. The summed E-state index contributed by atoms with van der Waals surface area (Å²) in [5.41, 5.74) is 0. The number of aliphatic hydroxyl groups excluding tert-OH is 1. The van der Waals surface area contributed by atoms with Crippen LogP contribution in [0.15, 0.2) is 134 Å². The largest absolute Gasteiger partial charge is 0.462 e. The summed E-state index contributed by atoms with van der Waals surface area (Å²) >= 11 is 0. The van der Waals surface area contributed by atoms with Crippen LogP contribution in [0.2, 0.25) is 0 Å². The van der Waals surface area contributed by atoms with E-state index in [0.29, 0.717) is 12.8 Å². The lowest BCUT2D eigenvalue weighted by Gasteiger charge is -2.15. The maximum Gasteiger partial charge on any atom is 0.306 e. The molecule has 0 rings (SSSR count). The van der Waals surface area contributed by atoms with E-state index in [1.165, 1.54) is 83.5 Å². The fourth-order valence-electron chi connectivity index (χ4n) is 7.00. The summed E-state index contributed by atoms with van der Waals surface area (Å²) in [5, 5.41) is 9.61. The third-order valence-electron chi connectivity index (χ3n) is 10.9. The van der Waals surface area contributed by atoms with Crippen molar-refractivity contribution in [3.8, 4) is 0 Å². The molecule has 0 radical (unpaired) electrons. The molecule has 0 aliphatic carbocycles. The Morgan fingerprint density at radius 2 is 0.606 bits per heavy atom. The lowest BCUT2D eigenvalue weighted by Crippen LogP contribution is -2.28. The lowest BCUT2D eigenvalue weighted by atomic mass is 10.0. The van der Waals surface area contributed by atoms with Gasteiger partial charge in [0.2, 0.25) is 0 Å². The fourth-order valence-corrected chi connectivity index (χ4v) is 7.00. The number of aliphatic hydroxyl groups is 1. The van der Waals surface area contributed by atoms with Crippen LogP contribution < -0.4 is 0 Å². The molecule has 0 aromatic heterocycles. The fraction of sp³-hybridized carbons (Fsp3) is 0.607. The van der Waals surface area contributed by atoms with Gasteiger partial charge in [0, 0.05) is 12.8 Å². The summed E-state index contributed by atoms with van der Waals surface area (Å²) in [6.07, 6.45) is 82.8. The molecule has 0 aromatic rings. The summed E-state index contributed by atoms with van der Waals surface area (Å²) < 4.78 is 10.6. The van der Waals surface area contributed by atoms with Crippen molar-refractivity contribution in [1.29, 1.82) is 0 Å². The van der Waals surface area contributed by atoms with E-state index in [1.807, 2.05) is 0 Å². The van der Waals surface area contributed by atoms with E-state index >= 15 is 0 Å². The highest BCUT2D eigenvalue weighted by atomic mass is 16.6. The van der Waals surface area contributed by atoms with Gasteiger partial charge in [0.25, 0.3) is 0 Å². The Labute approximate surface area is 406 Å². The second-order valence-corrected chi connectivity index (χ2v) is 17.2. The van der Waals surface area contributed by atoms with Crippen LogP contribution in [0.5, 0.6) is 0 Å². The summed E-state index contributed by atoms with van der Waals surface area (Å²) in [6, 6.07) is 0. The first-order chi connectivity index (χ1) is 32.6. The van der Waals surface area contributed by atoms with Crippen molar-refractivity contribution in [3.63, 3.8) is 0 Å². The van der Waals surface area contributed by atoms with Crippen molar-refractivity contribution >= 4 is 11.9 Å². The van der Waals surface area contributed by atoms with E-state index in [1.54, 1.807) is 0 Å². The molecular formula is C61H98O5. The maximum atomic E-state index is 12.3.